The SMILES string of the molecule is CC1CCC2(CC1)NC(=O)N(NC(=O)CN1C(=O)NC(C)(c3ccc(C(C)C)cc3)C1=O)C2=O. The van der Waals surface area contributed by atoms with Crippen LogP contribution in [-0.4, -0.2) is 51.8 Å². The molecule has 0 aromatic heterocycles. The third kappa shape index (κ3) is 3.91. The van der Waals surface area contributed by atoms with Crippen LogP contribution in [0.3, 0.4) is 0 Å². The molecule has 3 N–H and O–H groups in total. The van der Waals surface area contributed by atoms with Crippen molar-refractivity contribution in [3.05, 3.63) is 35.4 Å². The van der Waals surface area contributed by atoms with Crippen LogP contribution in [0.1, 0.15) is 70.4 Å². The van der Waals surface area contributed by atoms with Gasteiger partial charge in [-0.25, -0.2) is 9.59 Å². The molecule has 3 fully saturated rings. The first-order chi connectivity index (χ1) is 16.0. The molecule has 2 aliphatic heterocycles. The van der Waals surface area contributed by atoms with E-state index in [1.165, 1.54) is 0 Å². The molecule has 3 aliphatic rings. The maximum absolute atomic E-state index is 13.1. The quantitative estimate of drug-likeness (QED) is 0.569. The topological polar surface area (TPSA) is 128 Å². The Balaban J connectivity index is 1.43. The molecular weight excluding hydrogens is 438 g/mol. The van der Waals surface area contributed by atoms with Gasteiger partial charge in [0.05, 0.1) is 0 Å². The van der Waals surface area contributed by atoms with E-state index in [0.29, 0.717) is 35.2 Å². The summed E-state index contributed by atoms with van der Waals surface area (Å²) in [5.74, 6) is -1.12. The van der Waals surface area contributed by atoms with Crippen LogP contribution in [-0.2, 0) is 19.9 Å². The largest absolute Gasteiger partial charge is 0.344 e. The van der Waals surface area contributed by atoms with E-state index in [2.05, 4.69) is 36.8 Å². The minimum atomic E-state index is -1.32. The molecule has 182 valence electrons. The average molecular weight is 470 g/mol. The summed E-state index contributed by atoms with van der Waals surface area (Å²) >= 11 is 0. The van der Waals surface area contributed by atoms with Crippen LogP contribution in [0.5, 0.6) is 0 Å². The molecule has 2 heterocycles. The molecule has 1 spiro atoms. The van der Waals surface area contributed by atoms with Crippen molar-refractivity contribution >= 4 is 29.8 Å². The number of nitrogens with zero attached hydrogens (tertiary/aromatic N) is 2. The second-order valence-corrected chi connectivity index (χ2v) is 10.1. The third-order valence-corrected chi connectivity index (χ3v) is 7.26. The molecule has 1 aromatic carbocycles. The zero-order chi connectivity index (χ0) is 24.8. The number of hydrazine groups is 1. The van der Waals surface area contributed by atoms with Crippen molar-refractivity contribution in [1.29, 1.82) is 0 Å². The van der Waals surface area contributed by atoms with Gasteiger partial charge in [-0.05, 0) is 55.6 Å². The van der Waals surface area contributed by atoms with Gasteiger partial charge in [-0.3, -0.25) is 24.7 Å². The molecule has 10 heteroatoms. The monoisotopic (exact) mass is 469 g/mol. The van der Waals surface area contributed by atoms with Crippen LogP contribution >= 0.6 is 0 Å². The van der Waals surface area contributed by atoms with Gasteiger partial charge in [0, 0.05) is 0 Å². The first-order valence-corrected chi connectivity index (χ1v) is 11.7. The van der Waals surface area contributed by atoms with Crippen molar-refractivity contribution in [2.45, 2.75) is 70.4 Å². The number of amides is 7. The van der Waals surface area contributed by atoms with E-state index in [4.69, 9.17) is 0 Å². The molecule has 1 saturated carbocycles. The lowest BCUT2D eigenvalue weighted by atomic mass is 9.77. The minimum Gasteiger partial charge on any atom is -0.322 e. The van der Waals surface area contributed by atoms with Crippen molar-refractivity contribution in [2.24, 2.45) is 5.92 Å². The van der Waals surface area contributed by atoms with E-state index in [1.54, 1.807) is 19.1 Å². The van der Waals surface area contributed by atoms with Gasteiger partial charge >= 0.3 is 12.1 Å². The Labute approximate surface area is 198 Å². The van der Waals surface area contributed by atoms with Gasteiger partial charge in [0.15, 0.2) is 0 Å². The summed E-state index contributed by atoms with van der Waals surface area (Å²) in [5.41, 5.74) is 1.65. The van der Waals surface area contributed by atoms with Crippen LogP contribution in [0.25, 0.3) is 0 Å². The Morgan fingerprint density at radius 2 is 1.65 bits per heavy atom. The molecular formula is C24H31N5O5. The Kier molecular flexibility index (Phi) is 5.87. The van der Waals surface area contributed by atoms with Crippen molar-refractivity contribution < 1.29 is 24.0 Å². The lowest BCUT2D eigenvalue weighted by molar-refractivity contribution is -0.141. The van der Waals surface area contributed by atoms with Crippen molar-refractivity contribution in [3.63, 3.8) is 0 Å². The highest BCUT2D eigenvalue weighted by atomic mass is 16.2. The smallest absolute Gasteiger partial charge is 0.322 e. The molecule has 34 heavy (non-hydrogen) atoms. The second kappa shape index (κ2) is 8.41. The molecule has 2 saturated heterocycles. The zero-order valence-electron chi connectivity index (χ0n) is 19.9. The number of urea groups is 2. The Bertz CT molecular complexity index is 1040. The van der Waals surface area contributed by atoms with E-state index >= 15 is 0 Å². The Morgan fingerprint density at radius 3 is 2.24 bits per heavy atom. The van der Waals surface area contributed by atoms with E-state index in [1.807, 2.05) is 12.1 Å². The number of carbonyl (C=O) groups is 5. The van der Waals surface area contributed by atoms with Crippen LogP contribution in [0, 0.1) is 5.92 Å². The standard InChI is InChI=1S/C24H31N5O5/c1-14(2)16-5-7-17(8-6-16)23(4)19(31)28(21(33)25-23)13-18(30)27-29-20(32)24(26-22(29)34)11-9-15(3)10-12-24/h5-8,14-15H,9-13H2,1-4H3,(H,25,33)(H,26,34)(H,27,30). The molecule has 4 rings (SSSR count). The van der Waals surface area contributed by atoms with Crippen molar-refractivity contribution in [3.8, 4) is 0 Å². The van der Waals surface area contributed by atoms with Crippen molar-refractivity contribution in [1.82, 2.24) is 26.0 Å². The fraction of sp³-hybridized carbons (Fsp3) is 0.542. The first-order valence-electron chi connectivity index (χ1n) is 11.7. The predicted molar refractivity (Wildman–Crippen MR) is 122 cm³/mol. The summed E-state index contributed by atoms with van der Waals surface area (Å²) in [6.07, 6.45) is 2.61. The number of nitrogens with one attached hydrogen (secondary N) is 3. The second-order valence-electron chi connectivity index (χ2n) is 10.1. The van der Waals surface area contributed by atoms with Gasteiger partial charge in [-0.15, -0.1) is 0 Å². The van der Waals surface area contributed by atoms with Gasteiger partial charge in [0.25, 0.3) is 17.7 Å². The highest BCUT2D eigenvalue weighted by Crippen LogP contribution is 2.36. The van der Waals surface area contributed by atoms with Gasteiger partial charge in [-0.2, -0.15) is 5.01 Å². The van der Waals surface area contributed by atoms with Gasteiger partial charge in [0.1, 0.15) is 17.6 Å². The third-order valence-electron chi connectivity index (χ3n) is 7.26. The van der Waals surface area contributed by atoms with Crippen LogP contribution in [0.15, 0.2) is 24.3 Å². The molecule has 0 radical (unpaired) electrons. The number of hydrogen-bond acceptors (Lipinski definition) is 5. The number of rotatable bonds is 5. The van der Waals surface area contributed by atoms with Gasteiger partial charge in [-0.1, -0.05) is 45.0 Å². The fourth-order valence-electron chi connectivity index (χ4n) is 4.86. The highest BCUT2D eigenvalue weighted by molar-refractivity contribution is 6.10. The highest BCUT2D eigenvalue weighted by Gasteiger charge is 2.54. The summed E-state index contributed by atoms with van der Waals surface area (Å²) in [5, 5.41) is 6.04. The van der Waals surface area contributed by atoms with Crippen molar-refractivity contribution in [2.75, 3.05) is 6.54 Å². The molecule has 1 aromatic rings. The molecule has 1 aliphatic carbocycles. The normalized spacial score (nSPS) is 29.1. The number of benzene rings is 1. The Hall–Kier alpha value is -3.43. The summed E-state index contributed by atoms with van der Waals surface area (Å²) in [6.45, 7) is 7.17. The maximum Gasteiger partial charge on any atom is 0.344 e. The number of imide groups is 2. The van der Waals surface area contributed by atoms with Crippen LogP contribution in [0.2, 0.25) is 0 Å². The zero-order valence-corrected chi connectivity index (χ0v) is 19.9. The van der Waals surface area contributed by atoms with E-state index in [9.17, 15) is 24.0 Å². The fourth-order valence-corrected chi connectivity index (χ4v) is 4.86. The molecule has 10 nitrogen and oxygen atoms in total. The Morgan fingerprint density at radius 1 is 1.03 bits per heavy atom. The number of carbonyl (C=O) groups excluding carboxylic acids is 5. The van der Waals surface area contributed by atoms with E-state index in [0.717, 1.165) is 23.3 Å². The summed E-state index contributed by atoms with van der Waals surface area (Å²) in [6, 6.07) is 5.95. The van der Waals surface area contributed by atoms with Crippen LogP contribution in [0.4, 0.5) is 9.59 Å². The lowest BCUT2D eigenvalue weighted by Gasteiger charge is -2.33. The van der Waals surface area contributed by atoms with E-state index < -0.39 is 47.4 Å². The summed E-state index contributed by atoms with van der Waals surface area (Å²) in [4.78, 5) is 64.5. The average Bonchev–Trinajstić information content (AvgIpc) is 3.15. The van der Waals surface area contributed by atoms with Gasteiger partial charge in [0.2, 0.25) is 0 Å². The van der Waals surface area contributed by atoms with E-state index in [-0.39, 0.29) is 0 Å². The first kappa shape index (κ1) is 23.7. The van der Waals surface area contributed by atoms with Crippen LogP contribution < -0.4 is 16.1 Å². The lowest BCUT2D eigenvalue weighted by Crippen LogP contribution is -2.53. The van der Waals surface area contributed by atoms with Gasteiger partial charge < -0.3 is 10.6 Å². The maximum atomic E-state index is 13.1. The molecule has 7 amide bonds. The predicted octanol–water partition coefficient (Wildman–Crippen LogP) is 2.11. The molecule has 1 atom stereocenters. The number of hydrogen-bond donors (Lipinski definition) is 3. The molecule has 0 bridgehead atoms. The minimum absolute atomic E-state index is 0.317. The summed E-state index contributed by atoms with van der Waals surface area (Å²) in [7, 11) is 0. The summed E-state index contributed by atoms with van der Waals surface area (Å²) < 4.78 is 0. The molecule has 1 unspecified atom stereocenters.